The second kappa shape index (κ2) is 8.30. The highest BCUT2D eigenvalue weighted by Crippen LogP contribution is 2.20. The molecule has 0 saturated carbocycles. The van der Waals surface area contributed by atoms with Gasteiger partial charge in [0, 0.05) is 25.2 Å². The van der Waals surface area contributed by atoms with E-state index in [-0.39, 0.29) is 30.2 Å². The smallest absolute Gasteiger partial charge is 0.246 e. The normalized spacial score (nSPS) is 20.3. The van der Waals surface area contributed by atoms with E-state index in [2.05, 4.69) is 0 Å². The second-order valence-corrected chi connectivity index (χ2v) is 5.88. The van der Waals surface area contributed by atoms with Gasteiger partial charge in [-0.3, -0.25) is 4.79 Å². The highest BCUT2D eigenvalue weighted by molar-refractivity contribution is 5.94. The molecule has 22 heavy (non-hydrogen) atoms. The molecular weight excluding hydrogens is 303 g/mol. The minimum Gasteiger partial charge on any atom is -0.339 e. The number of likely N-dealkylation sites (tertiary alicyclic amines) is 1. The molecule has 5 heteroatoms. The Labute approximate surface area is 137 Å². The second-order valence-electron chi connectivity index (χ2n) is 5.88. The Morgan fingerprint density at radius 1 is 1.41 bits per heavy atom. The van der Waals surface area contributed by atoms with E-state index in [0.29, 0.717) is 5.92 Å². The van der Waals surface area contributed by atoms with Gasteiger partial charge in [0.25, 0.3) is 0 Å². The first-order valence-electron chi connectivity index (χ1n) is 7.46. The van der Waals surface area contributed by atoms with E-state index in [1.807, 2.05) is 18.7 Å². The maximum Gasteiger partial charge on any atom is 0.246 e. The minimum atomic E-state index is -0.270. The third-order valence-corrected chi connectivity index (χ3v) is 4.15. The number of carbonyl (C=O) groups excluding carboxylic acids is 1. The summed E-state index contributed by atoms with van der Waals surface area (Å²) in [4.78, 5) is 14.2. The molecule has 1 amide bonds. The van der Waals surface area contributed by atoms with Gasteiger partial charge in [-0.1, -0.05) is 12.1 Å². The van der Waals surface area contributed by atoms with Crippen molar-refractivity contribution in [3.8, 4) is 0 Å². The fourth-order valence-electron chi connectivity index (χ4n) is 2.71. The summed E-state index contributed by atoms with van der Waals surface area (Å²) in [7, 11) is 0. The molecule has 0 aliphatic carbocycles. The molecular formula is C17H24ClFN2O. The maximum absolute atomic E-state index is 12.9. The molecule has 2 atom stereocenters. The van der Waals surface area contributed by atoms with Crippen LogP contribution >= 0.6 is 12.4 Å². The molecule has 1 heterocycles. The molecule has 1 aromatic rings. The number of benzene rings is 1. The zero-order valence-electron chi connectivity index (χ0n) is 13.1. The van der Waals surface area contributed by atoms with Crippen LogP contribution in [0.3, 0.4) is 0 Å². The van der Waals surface area contributed by atoms with Crippen molar-refractivity contribution >= 4 is 23.9 Å². The monoisotopic (exact) mass is 326 g/mol. The van der Waals surface area contributed by atoms with Gasteiger partial charge in [-0.05, 0) is 55.9 Å². The highest BCUT2D eigenvalue weighted by Gasteiger charge is 2.24. The Balaban J connectivity index is 0.00000242. The van der Waals surface area contributed by atoms with E-state index < -0.39 is 0 Å². The zero-order valence-corrected chi connectivity index (χ0v) is 13.9. The molecule has 0 aromatic heterocycles. The third kappa shape index (κ3) is 4.82. The molecule has 0 spiro atoms. The minimum absolute atomic E-state index is 0. The lowest BCUT2D eigenvalue weighted by Gasteiger charge is -2.34. The van der Waals surface area contributed by atoms with Crippen LogP contribution in [0, 0.1) is 11.7 Å². The van der Waals surface area contributed by atoms with Gasteiger partial charge >= 0.3 is 0 Å². The number of carbonyl (C=O) groups is 1. The van der Waals surface area contributed by atoms with E-state index in [1.54, 1.807) is 18.2 Å². The van der Waals surface area contributed by atoms with E-state index in [9.17, 15) is 9.18 Å². The Kier molecular flexibility index (Phi) is 7.04. The van der Waals surface area contributed by atoms with E-state index in [4.69, 9.17) is 5.73 Å². The van der Waals surface area contributed by atoms with Crippen LogP contribution in [0.25, 0.3) is 5.57 Å². The topological polar surface area (TPSA) is 46.3 Å². The van der Waals surface area contributed by atoms with Crippen molar-refractivity contribution in [2.45, 2.75) is 32.7 Å². The maximum atomic E-state index is 12.9. The van der Waals surface area contributed by atoms with Gasteiger partial charge in [-0.2, -0.15) is 0 Å². The highest BCUT2D eigenvalue weighted by atomic mass is 35.5. The molecule has 2 N–H and O–H groups in total. The van der Waals surface area contributed by atoms with Crippen LogP contribution in [0.2, 0.25) is 0 Å². The summed E-state index contributed by atoms with van der Waals surface area (Å²) in [5.41, 5.74) is 7.66. The summed E-state index contributed by atoms with van der Waals surface area (Å²) in [5, 5.41) is 0. The average Bonchev–Trinajstić information content (AvgIpc) is 2.48. The van der Waals surface area contributed by atoms with Crippen LogP contribution in [-0.4, -0.2) is 29.9 Å². The molecule has 1 aliphatic heterocycles. The Bertz CT molecular complexity index is 528. The Morgan fingerprint density at radius 2 is 2.05 bits per heavy atom. The lowest BCUT2D eigenvalue weighted by molar-refractivity contribution is -0.127. The molecule has 1 fully saturated rings. The van der Waals surface area contributed by atoms with Gasteiger partial charge in [-0.25, -0.2) is 4.39 Å². The fraction of sp³-hybridized carbons (Fsp3) is 0.471. The molecule has 3 nitrogen and oxygen atoms in total. The summed E-state index contributed by atoms with van der Waals surface area (Å²) < 4.78 is 12.9. The van der Waals surface area contributed by atoms with E-state index in [1.165, 1.54) is 12.1 Å². The van der Waals surface area contributed by atoms with Gasteiger partial charge < -0.3 is 10.6 Å². The Morgan fingerprint density at radius 3 is 2.64 bits per heavy atom. The van der Waals surface area contributed by atoms with Crippen molar-refractivity contribution in [3.63, 3.8) is 0 Å². The van der Waals surface area contributed by atoms with Gasteiger partial charge in [0.2, 0.25) is 5.91 Å². The van der Waals surface area contributed by atoms with Gasteiger partial charge in [-0.15, -0.1) is 12.4 Å². The first kappa shape index (κ1) is 18.7. The number of nitrogens with zero attached hydrogens (tertiary/aromatic N) is 1. The van der Waals surface area contributed by atoms with Gasteiger partial charge in [0.05, 0.1) is 0 Å². The number of hydrogen-bond donors (Lipinski definition) is 1. The van der Waals surface area contributed by atoms with Crippen LogP contribution in [-0.2, 0) is 4.79 Å². The summed E-state index contributed by atoms with van der Waals surface area (Å²) in [5.74, 6) is 0.123. The number of rotatable bonds is 3. The number of hydrogen-bond acceptors (Lipinski definition) is 2. The number of piperidine rings is 1. The van der Waals surface area contributed by atoms with Crippen LogP contribution in [0.15, 0.2) is 30.3 Å². The Hall–Kier alpha value is -1.39. The number of amides is 1. The van der Waals surface area contributed by atoms with Crippen LogP contribution in [0.4, 0.5) is 4.39 Å². The molecule has 1 saturated heterocycles. The molecule has 122 valence electrons. The molecule has 0 radical (unpaired) electrons. The first-order chi connectivity index (χ1) is 9.97. The van der Waals surface area contributed by atoms with Crippen molar-refractivity contribution in [3.05, 3.63) is 41.7 Å². The first-order valence-corrected chi connectivity index (χ1v) is 7.46. The van der Waals surface area contributed by atoms with E-state index in [0.717, 1.165) is 37.1 Å². The van der Waals surface area contributed by atoms with Crippen molar-refractivity contribution < 1.29 is 9.18 Å². The fourth-order valence-corrected chi connectivity index (χ4v) is 2.71. The quantitative estimate of drug-likeness (QED) is 0.867. The zero-order chi connectivity index (χ0) is 15.4. The predicted octanol–water partition coefficient (Wildman–Crippen LogP) is 3.24. The third-order valence-electron chi connectivity index (χ3n) is 4.15. The lowest BCUT2D eigenvalue weighted by atomic mass is 9.92. The van der Waals surface area contributed by atoms with Crippen molar-refractivity contribution in [2.75, 3.05) is 13.1 Å². The van der Waals surface area contributed by atoms with Crippen LogP contribution in [0.5, 0.6) is 0 Å². The molecule has 2 rings (SSSR count). The van der Waals surface area contributed by atoms with Gasteiger partial charge in [0.1, 0.15) is 5.82 Å². The predicted molar refractivity (Wildman–Crippen MR) is 90.3 cm³/mol. The van der Waals surface area contributed by atoms with E-state index >= 15 is 0 Å². The summed E-state index contributed by atoms with van der Waals surface area (Å²) in [6.45, 7) is 5.38. The van der Waals surface area contributed by atoms with Crippen LogP contribution < -0.4 is 5.73 Å². The summed E-state index contributed by atoms with van der Waals surface area (Å²) in [6.07, 6.45) is 3.72. The number of allylic oxidation sites excluding steroid dienone is 1. The summed E-state index contributed by atoms with van der Waals surface area (Å²) >= 11 is 0. The number of halogens is 2. The molecule has 2 unspecified atom stereocenters. The average molecular weight is 327 g/mol. The number of nitrogens with two attached hydrogens (primary N) is 1. The molecule has 0 bridgehead atoms. The lowest BCUT2D eigenvalue weighted by Crippen LogP contribution is -2.44. The van der Waals surface area contributed by atoms with Crippen LogP contribution in [0.1, 0.15) is 32.3 Å². The molecule has 1 aliphatic rings. The van der Waals surface area contributed by atoms with Crippen molar-refractivity contribution in [1.82, 2.24) is 4.90 Å². The summed E-state index contributed by atoms with van der Waals surface area (Å²) in [6, 6.07) is 6.31. The standard InChI is InChI=1S/C17H23FN2O.ClH/c1-12(14-5-7-16(18)8-6-14)10-17(21)20-9-3-4-15(11-20)13(2)19;/h5-8,10,13,15H,3-4,9,11,19H2,1-2H3;1H/b12-10+;. The van der Waals surface area contributed by atoms with Crippen molar-refractivity contribution in [2.24, 2.45) is 11.7 Å². The van der Waals surface area contributed by atoms with Gasteiger partial charge in [0.15, 0.2) is 0 Å². The SMILES string of the molecule is C/C(=C\C(=O)N1CCCC(C(C)N)C1)c1ccc(F)cc1.Cl. The van der Waals surface area contributed by atoms with Crippen molar-refractivity contribution in [1.29, 1.82) is 0 Å². The molecule has 1 aromatic carbocycles. The largest absolute Gasteiger partial charge is 0.339 e.